The summed E-state index contributed by atoms with van der Waals surface area (Å²) in [5.41, 5.74) is 2.74. The number of likely N-dealkylation sites (N-methyl/N-ethyl adjacent to an activating group) is 1. The van der Waals surface area contributed by atoms with E-state index in [-0.39, 0.29) is 6.61 Å². The second-order valence-corrected chi connectivity index (χ2v) is 9.48. The third kappa shape index (κ3) is 4.96. The average molecular weight is 389 g/mol. The van der Waals surface area contributed by atoms with Crippen LogP contribution in [0.3, 0.4) is 0 Å². The maximum atomic E-state index is 11.9. The molecule has 1 aromatic rings. The van der Waals surface area contributed by atoms with Gasteiger partial charge in [-0.15, -0.1) is 6.61 Å². The highest BCUT2D eigenvalue weighted by Crippen LogP contribution is 2.34. The molecule has 0 spiro atoms. The maximum absolute atomic E-state index is 11.9. The van der Waals surface area contributed by atoms with Crippen LogP contribution in [0.25, 0.3) is 0 Å². The van der Waals surface area contributed by atoms with Crippen LogP contribution in [0.2, 0.25) is 0 Å². The van der Waals surface area contributed by atoms with E-state index in [1.165, 1.54) is 62.9 Å². The van der Waals surface area contributed by atoms with Gasteiger partial charge in [-0.05, 0) is 51.2 Å². The van der Waals surface area contributed by atoms with Crippen molar-refractivity contribution < 1.29 is 5.11 Å². The molecular weight excluding hydrogens is 350 g/mol. The van der Waals surface area contributed by atoms with Crippen LogP contribution in [-0.2, 0) is 6.54 Å². The first-order valence-corrected chi connectivity index (χ1v) is 11.5. The lowest BCUT2D eigenvalue weighted by Crippen LogP contribution is -2.37. The average Bonchev–Trinajstić information content (AvgIpc) is 3.27. The summed E-state index contributed by atoms with van der Waals surface area (Å²) in [7, 11) is 2.22. The predicted molar refractivity (Wildman–Crippen MR) is 110 cm³/mol. The Balaban J connectivity index is 1.34. The van der Waals surface area contributed by atoms with Crippen molar-refractivity contribution in [1.82, 2.24) is 24.9 Å². The molecule has 3 heterocycles. The Morgan fingerprint density at radius 2 is 1.82 bits per heavy atom. The van der Waals surface area contributed by atoms with Crippen molar-refractivity contribution in [2.24, 2.45) is 11.8 Å². The van der Waals surface area contributed by atoms with E-state index in [9.17, 15) is 5.11 Å². The zero-order valence-corrected chi connectivity index (χ0v) is 17.6. The third-order valence-corrected chi connectivity index (χ3v) is 7.33. The Labute approximate surface area is 170 Å². The van der Waals surface area contributed by atoms with Gasteiger partial charge >= 0.3 is 0 Å². The Kier molecular flexibility index (Phi) is 7.04. The molecule has 6 heteroatoms. The second-order valence-electron chi connectivity index (χ2n) is 9.48. The molecule has 1 aliphatic carbocycles. The van der Waals surface area contributed by atoms with E-state index in [4.69, 9.17) is 0 Å². The minimum Gasteiger partial charge on any atom is -0.854 e. The van der Waals surface area contributed by atoms with Crippen LogP contribution >= 0.6 is 0 Å². The summed E-state index contributed by atoms with van der Waals surface area (Å²) < 4.78 is 0. The summed E-state index contributed by atoms with van der Waals surface area (Å²) >= 11 is 0. The van der Waals surface area contributed by atoms with Crippen LogP contribution in [0.5, 0.6) is 0 Å². The molecule has 1 aromatic heterocycles. The van der Waals surface area contributed by atoms with E-state index < -0.39 is 0 Å². The number of aromatic nitrogens is 2. The number of aromatic amines is 1. The molecule has 4 rings (SSSR count). The molecule has 1 saturated carbocycles. The van der Waals surface area contributed by atoms with Crippen molar-refractivity contribution in [2.45, 2.75) is 51.0 Å². The summed E-state index contributed by atoms with van der Waals surface area (Å²) in [5.74, 6) is 1.48. The van der Waals surface area contributed by atoms with E-state index in [0.717, 1.165) is 39.3 Å². The summed E-state index contributed by atoms with van der Waals surface area (Å²) in [6, 6.07) is 0. The molecule has 2 atom stereocenters. The van der Waals surface area contributed by atoms with Gasteiger partial charge in [0.15, 0.2) is 0 Å². The van der Waals surface area contributed by atoms with Crippen molar-refractivity contribution >= 4 is 0 Å². The molecule has 2 aliphatic heterocycles. The summed E-state index contributed by atoms with van der Waals surface area (Å²) in [5, 5.41) is 19.6. The molecule has 6 nitrogen and oxygen atoms in total. The highest BCUT2D eigenvalue weighted by atomic mass is 16.3. The van der Waals surface area contributed by atoms with Crippen LogP contribution in [0.4, 0.5) is 0 Å². The Morgan fingerprint density at radius 3 is 2.64 bits per heavy atom. The Hall–Kier alpha value is -0.950. The predicted octanol–water partition coefficient (Wildman–Crippen LogP) is 1.50. The molecule has 0 bridgehead atoms. The molecule has 2 unspecified atom stereocenters. The van der Waals surface area contributed by atoms with Gasteiger partial charge in [0.2, 0.25) is 0 Å². The third-order valence-electron chi connectivity index (χ3n) is 7.33. The minimum atomic E-state index is 0.0653. The van der Waals surface area contributed by atoms with Gasteiger partial charge in [0.05, 0.1) is 6.20 Å². The fourth-order valence-corrected chi connectivity index (χ4v) is 5.61. The quantitative estimate of drug-likeness (QED) is 0.800. The summed E-state index contributed by atoms with van der Waals surface area (Å²) in [6.45, 7) is 8.81. The normalized spacial score (nSPS) is 29.4. The first-order chi connectivity index (χ1) is 13.7. The van der Waals surface area contributed by atoms with Gasteiger partial charge in [0.25, 0.3) is 0 Å². The van der Waals surface area contributed by atoms with Crippen LogP contribution in [0.1, 0.15) is 55.7 Å². The number of hydrogen-bond acceptors (Lipinski definition) is 5. The fourth-order valence-electron chi connectivity index (χ4n) is 5.61. The summed E-state index contributed by atoms with van der Waals surface area (Å²) in [6.07, 6.45) is 9.94. The lowest BCUT2D eigenvalue weighted by Gasteiger charge is -2.28. The fraction of sp³-hybridized carbons (Fsp3) is 0.864. The molecule has 1 N–H and O–H groups in total. The number of hydrogen-bond donors (Lipinski definition) is 1. The molecule has 3 aliphatic rings. The van der Waals surface area contributed by atoms with Crippen molar-refractivity contribution in [2.75, 3.05) is 59.5 Å². The van der Waals surface area contributed by atoms with Gasteiger partial charge in [-0.3, -0.25) is 10.00 Å². The van der Waals surface area contributed by atoms with Gasteiger partial charge in [0, 0.05) is 56.4 Å². The molecular formula is C22H38N5O-. The monoisotopic (exact) mass is 388 g/mol. The lowest BCUT2D eigenvalue weighted by atomic mass is 9.85. The SMILES string of the molecule is CN1CCCN(CC2CN(Cc3cn[nH]c3C3CCCCC3)CC2C[O-])CC1. The number of H-pyrrole nitrogens is 1. The summed E-state index contributed by atoms with van der Waals surface area (Å²) in [4.78, 5) is 7.55. The van der Waals surface area contributed by atoms with Gasteiger partial charge in [-0.1, -0.05) is 19.3 Å². The zero-order valence-electron chi connectivity index (χ0n) is 17.6. The Bertz CT molecular complexity index is 600. The first kappa shape index (κ1) is 20.3. The molecule has 2 saturated heterocycles. The van der Waals surface area contributed by atoms with Crippen molar-refractivity contribution in [3.63, 3.8) is 0 Å². The van der Waals surface area contributed by atoms with E-state index in [1.807, 2.05) is 6.20 Å². The topological polar surface area (TPSA) is 61.5 Å². The highest BCUT2D eigenvalue weighted by molar-refractivity contribution is 5.21. The van der Waals surface area contributed by atoms with Crippen LogP contribution < -0.4 is 5.11 Å². The van der Waals surface area contributed by atoms with Crippen molar-refractivity contribution in [3.8, 4) is 0 Å². The number of nitrogens with zero attached hydrogens (tertiary/aromatic N) is 4. The molecule has 28 heavy (non-hydrogen) atoms. The number of likely N-dealkylation sites (tertiary alicyclic amines) is 1. The number of rotatable bonds is 6. The van der Waals surface area contributed by atoms with Crippen LogP contribution in [0, 0.1) is 11.8 Å². The van der Waals surface area contributed by atoms with Gasteiger partial charge in [-0.25, -0.2) is 0 Å². The molecule has 158 valence electrons. The molecule has 3 fully saturated rings. The number of nitrogens with one attached hydrogen (secondary N) is 1. The van der Waals surface area contributed by atoms with Crippen molar-refractivity contribution in [3.05, 3.63) is 17.5 Å². The van der Waals surface area contributed by atoms with E-state index >= 15 is 0 Å². The van der Waals surface area contributed by atoms with Crippen LogP contribution in [-0.4, -0.2) is 84.4 Å². The second kappa shape index (κ2) is 9.70. The van der Waals surface area contributed by atoms with Gasteiger partial charge in [0.1, 0.15) is 0 Å². The standard InChI is InChI=1S/C22H38N5O/c1-25-8-5-9-26(11-10-25)14-20-15-27(16-21(20)17-28)13-19-12-23-24-22(19)18-6-3-2-4-7-18/h12,18,20-21H,2-11,13-17H2,1H3,(H,23,24)/q-1. The zero-order chi connectivity index (χ0) is 19.3. The molecule has 0 amide bonds. The smallest absolute Gasteiger partial charge is 0.0535 e. The van der Waals surface area contributed by atoms with Crippen LogP contribution in [0.15, 0.2) is 6.20 Å². The van der Waals surface area contributed by atoms with Crippen molar-refractivity contribution in [1.29, 1.82) is 0 Å². The molecule has 0 radical (unpaired) electrons. The van der Waals surface area contributed by atoms with Gasteiger partial charge in [-0.2, -0.15) is 5.10 Å². The van der Waals surface area contributed by atoms with Gasteiger partial charge < -0.3 is 14.9 Å². The lowest BCUT2D eigenvalue weighted by molar-refractivity contribution is -0.380. The largest absolute Gasteiger partial charge is 0.854 e. The Morgan fingerprint density at radius 1 is 1.00 bits per heavy atom. The highest BCUT2D eigenvalue weighted by Gasteiger charge is 2.32. The maximum Gasteiger partial charge on any atom is 0.0535 e. The molecule has 0 aromatic carbocycles. The minimum absolute atomic E-state index is 0.0653. The van der Waals surface area contributed by atoms with E-state index in [0.29, 0.717) is 17.8 Å². The van der Waals surface area contributed by atoms with E-state index in [1.54, 1.807) is 0 Å². The first-order valence-electron chi connectivity index (χ1n) is 11.5. The van der Waals surface area contributed by atoms with E-state index in [2.05, 4.69) is 31.9 Å².